The average molecular weight is 418 g/mol. The van der Waals surface area contributed by atoms with Gasteiger partial charge in [0, 0.05) is 6.07 Å². The van der Waals surface area contributed by atoms with Crippen LogP contribution in [-0.2, 0) is 0 Å². The predicted molar refractivity (Wildman–Crippen MR) is 107 cm³/mol. The Labute approximate surface area is 171 Å². The van der Waals surface area contributed by atoms with Gasteiger partial charge in [-0.25, -0.2) is 4.79 Å². The standard InChI is InChI=1S/C22H33F3O4/c1-2-3-4-5-6-7-8-9-10-11-12-13-16-28-20-17-18(29-22(23,24)25)14-15-19(20)21(26)27/h14-15,17H,2-13,16H2,1H3,(H,26,27). The predicted octanol–water partition coefficient (Wildman–Crippen LogP) is 7.36. The van der Waals surface area contributed by atoms with Crippen LogP contribution in [-0.4, -0.2) is 24.0 Å². The van der Waals surface area contributed by atoms with Gasteiger partial charge in [-0.3, -0.25) is 0 Å². The van der Waals surface area contributed by atoms with Crippen molar-refractivity contribution in [2.24, 2.45) is 0 Å². The average Bonchev–Trinajstić information content (AvgIpc) is 2.64. The Balaban J connectivity index is 2.21. The normalized spacial score (nSPS) is 11.4. The lowest BCUT2D eigenvalue weighted by Crippen LogP contribution is -2.17. The Morgan fingerprint density at radius 3 is 1.90 bits per heavy atom. The minimum absolute atomic E-state index is 0.109. The van der Waals surface area contributed by atoms with Crippen molar-refractivity contribution in [3.63, 3.8) is 0 Å². The number of unbranched alkanes of at least 4 members (excludes halogenated alkanes) is 11. The summed E-state index contributed by atoms with van der Waals surface area (Å²) < 4.78 is 46.2. The van der Waals surface area contributed by atoms with Crippen LogP contribution >= 0.6 is 0 Å². The number of rotatable bonds is 16. The van der Waals surface area contributed by atoms with Crippen LogP contribution in [0.15, 0.2) is 18.2 Å². The summed E-state index contributed by atoms with van der Waals surface area (Å²) in [5.41, 5.74) is -0.182. The molecule has 1 aromatic rings. The molecule has 1 aromatic carbocycles. The highest BCUT2D eigenvalue weighted by molar-refractivity contribution is 5.91. The topological polar surface area (TPSA) is 55.8 Å². The third-order valence-electron chi connectivity index (χ3n) is 4.67. The first-order chi connectivity index (χ1) is 13.8. The minimum atomic E-state index is -4.84. The fraction of sp³-hybridized carbons (Fsp3) is 0.682. The van der Waals surface area contributed by atoms with Crippen molar-refractivity contribution in [1.82, 2.24) is 0 Å². The first-order valence-electron chi connectivity index (χ1n) is 10.6. The first kappa shape index (κ1) is 25.1. The van der Waals surface area contributed by atoms with E-state index in [0.29, 0.717) is 0 Å². The molecule has 0 amide bonds. The summed E-state index contributed by atoms with van der Waals surface area (Å²) in [6.45, 7) is 2.47. The van der Waals surface area contributed by atoms with Gasteiger partial charge in [0.2, 0.25) is 0 Å². The lowest BCUT2D eigenvalue weighted by Gasteiger charge is -2.13. The van der Waals surface area contributed by atoms with Crippen molar-refractivity contribution < 1.29 is 32.5 Å². The molecule has 0 atom stereocenters. The molecule has 4 nitrogen and oxygen atoms in total. The summed E-state index contributed by atoms with van der Waals surface area (Å²) in [4.78, 5) is 11.2. The molecule has 1 N–H and O–H groups in total. The number of hydrogen-bond acceptors (Lipinski definition) is 3. The van der Waals surface area contributed by atoms with Gasteiger partial charge in [0.05, 0.1) is 6.61 Å². The third-order valence-corrected chi connectivity index (χ3v) is 4.67. The number of alkyl halides is 3. The Bertz CT molecular complexity index is 588. The molecule has 166 valence electrons. The summed E-state index contributed by atoms with van der Waals surface area (Å²) in [5, 5.41) is 9.15. The van der Waals surface area contributed by atoms with Crippen molar-refractivity contribution in [3.8, 4) is 11.5 Å². The number of hydrogen-bond donors (Lipinski definition) is 1. The number of carbonyl (C=O) groups is 1. The molecule has 0 fully saturated rings. The van der Waals surface area contributed by atoms with Crippen molar-refractivity contribution in [1.29, 1.82) is 0 Å². The minimum Gasteiger partial charge on any atom is -0.493 e. The second-order valence-corrected chi connectivity index (χ2v) is 7.25. The Hall–Kier alpha value is -1.92. The van der Waals surface area contributed by atoms with Gasteiger partial charge < -0.3 is 14.6 Å². The fourth-order valence-corrected chi connectivity index (χ4v) is 3.12. The van der Waals surface area contributed by atoms with Gasteiger partial charge >= 0.3 is 12.3 Å². The Kier molecular flexibility index (Phi) is 12.2. The maximum Gasteiger partial charge on any atom is 0.573 e. The third kappa shape index (κ3) is 12.3. The SMILES string of the molecule is CCCCCCCCCCCCCCOc1cc(OC(F)(F)F)ccc1C(=O)O. The van der Waals surface area contributed by atoms with E-state index in [-0.39, 0.29) is 17.9 Å². The van der Waals surface area contributed by atoms with E-state index in [4.69, 9.17) is 9.84 Å². The number of ether oxygens (including phenoxy) is 2. The second kappa shape index (κ2) is 14.1. The number of carboxylic acid groups (broad SMARTS) is 1. The van der Waals surface area contributed by atoms with E-state index in [9.17, 15) is 18.0 Å². The van der Waals surface area contributed by atoms with Crippen LogP contribution in [0.1, 0.15) is 94.3 Å². The van der Waals surface area contributed by atoms with Gasteiger partial charge in [-0.2, -0.15) is 0 Å². The van der Waals surface area contributed by atoms with Crippen LogP contribution in [0.25, 0.3) is 0 Å². The van der Waals surface area contributed by atoms with Crippen molar-refractivity contribution in [2.45, 2.75) is 90.3 Å². The summed E-state index contributed by atoms with van der Waals surface area (Å²) in [7, 11) is 0. The van der Waals surface area contributed by atoms with Crippen LogP contribution in [0.4, 0.5) is 13.2 Å². The maximum absolute atomic E-state index is 12.3. The van der Waals surface area contributed by atoms with Gasteiger partial charge in [0.25, 0.3) is 0 Å². The zero-order valence-electron chi connectivity index (χ0n) is 17.2. The van der Waals surface area contributed by atoms with Crippen LogP contribution < -0.4 is 9.47 Å². The van der Waals surface area contributed by atoms with Crippen LogP contribution in [0.2, 0.25) is 0 Å². The molecule has 0 aliphatic rings. The molecule has 0 saturated heterocycles. The molecule has 0 aromatic heterocycles. The lowest BCUT2D eigenvalue weighted by molar-refractivity contribution is -0.274. The summed E-state index contributed by atoms with van der Waals surface area (Å²) in [6, 6.07) is 2.99. The molecule has 0 saturated carbocycles. The van der Waals surface area contributed by atoms with Gasteiger partial charge in [0.15, 0.2) is 0 Å². The second-order valence-electron chi connectivity index (χ2n) is 7.25. The van der Waals surface area contributed by atoms with Crippen molar-refractivity contribution >= 4 is 5.97 Å². The Morgan fingerprint density at radius 1 is 0.897 bits per heavy atom. The highest BCUT2D eigenvalue weighted by atomic mass is 19.4. The molecule has 0 aliphatic heterocycles. The van der Waals surface area contributed by atoms with E-state index in [2.05, 4.69) is 11.7 Å². The van der Waals surface area contributed by atoms with Gasteiger partial charge in [-0.05, 0) is 18.6 Å². The van der Waals surface area contributed by atoms with Gasteiger partial charge in [-0.1, -0.05) is 77.6 Å². The van der Waals surface area contributed by atoms with E-state index in [1.54, 1.807) is 0 Å². The van der Waals surface area contributed by atoms with Gasteiger partial charge in [-0.15, -0.1) is 13.2 Å². The van der Waals surface area contributed by atoms with Crippen LogP contribution in [0.3, 0.4) is 0 Å². The molecule has 0 heterocycles. The number of halogens is 3. The quantitative estimate of drug-likeness (QED) is 0.285. The molecule has 0 radical (unpaired) electrons. The van der Waals surface area contributed by atoms with Crippen LogP contribution in [0, 0.1) is 0 Å². The summed E-state index contributed by atoms with van der Waals surface area (Å²) >= 11 is 0. The van der Waals surface area contributed by atoms with E-state index >= 15 is 0 Å². The molecule has 0 spiro atoms. The zero-order chi connectivity index (χ0) is 21.5. The molecule has 29 heavy (non-hydrogen) atoms. The smallest absolute Gasteiger partial charge is 0.493 e. The Morgan fingerprint density at radius 2 is 1.41 bits per heavy atom. The molecular weight excluding hydrogens is 385 g/mol. The van der Waals surface area contributed by atoms with E-state index in [0.717, 1.165) is 43.9 Å². The molecular formula is C22H33F3O4. The lowest BCUT2D eigenvalue weighted by atomic mass is 10.1. The number of aromatic carboxylic acids is 1. The van der Waals surface area contributed by atoms with E-state index < -0.39 is 18.1 Å². The maximum atomic E-state index is 12.3. The van der Waals surface area contributed by atoms with E-state index in [1.165, 1.54) is 51.4 Å². The summed E-state index contributed by atoms with van der Waals surface area (Å²) in [6.07, 6.45) is 9.42. The van der Waals surface area contributed by atoms with Crippen molar-refractivity contribution in [2.75, 3.05) is 6.61 Å². The largest absolute Gasteiger partial charge is 0.573 e. The molecule has 0 unspecified atom stereocenters. The number of benzene rings is 1. The molecule has 7 heteroatoms. The fourth-order valence-electron chi connectivity index (χ4n) is 3.12. The zero-order valence-corrected chi connectivity index (χ0v) is 17.2. The highest BCUT2D eigenvalue weighted by Gasteiger charge is 2.31. The molecule has 1 rings (SSSR count). The number of carboxylic acids is 1. The highest BCUT2D eigenvalue weighted by Crippen LogP contribution is 2.29. The monoisotopic (exact) mass is 418 g/mol. The first-order valence-corrected chi connectivity index (χ1v) is 10.6. The van der Waals surface area contributed by atoms with E-state index in [1.807, 2.05) is 0 Å². The molecule has 0 aliphatic carbocycles. The van der Waals surface area contributed by atoms with Crippen LogP contribution in [0.5, 0.6) is 11.5 Å². The van der Waals surface area contributed by atoms with Gasteiger partial charge in [0.1, 0.15) is 17.1 Å². The van der Waals surface area contributed by atoms with Crippen molar-refractivity contribution in [3.05, 3.63) is 23.8 Å². The molecule has 0 bridgehead atoms. The summed E-state index contributed by atoms with van der Waals surface area (Å²) in [5.74, 6) is -1.86.